The normalized spacial score (nSPS) is 9.47. The van der Waals surface area contributed by atoms with Gasteiger partial charge in [-0.1, -0.05) is 11.6 Å². The lowest BCUT2D eigenvalue weighted by atomic mass is 10.1. The van der Waals surface area contributed by atoms with Crippen LogP contribution in [0.25, 0.3) is 0 Å². The van der Waals surface area contributed by atoms with Crippen LogP contribution in [0.15, 0.2) is 6.07 Å². The summed E-state index contributed by atoms with van der Waals surface area (Å²) in [5.41, 5.74) is 1.02. The quantitative estimate of drug-likeness (QED) is 0.570. The van der Waals surface area contributed by atoms with E-state index in [1.165, 1.54) is 6.07 Å². The van der Waals surface area contributed by atoms with Gasteiger partial charge < -0.3 is 4.74 Å². The van der Waals surface area contributed by atoms with Crippen molar-refractivity contribution in [2.45, 2.75) is 13.8 Å². The summed E-state index contributed by atoms with van der Waals surface area (Å²) < 4.78 is 4.77. The zero-order valence-corrected chi connectivity index (χ0v) is 9.13. The van der Waals surface area contributed by atoms with Crippen LogP contribution in [0, 0.1) is 18.3 Å². The molecular weight excluding hydrogens is 216 g/mol. The summed E-state index contributed by atoms with van der Waals surface area (Å²) in [7, 11) is 0. The third kappa shape index (κ3) is 2.45. The van der Waals surface area contributed by atoms with Gasteiger partial charge in [0.25, 0.3) is 0 Å². The van der Waals surface area contributed by atoms with E-state index in [9.17, 15) is 4.79 Å². The number of hydrogen-bond donors (Lipinski definition) is 0. The molecule has 0 unspecified atom stereocenters. The van der Waals surface area contributed by atoms with Gasteiger partial charge >= 0.3 is 5.97 Å². The van der Waals surface area contributed by atoms with Crippen LogP contribution >= 0.6 is 11.6 Å². The average molecular weight is 225 g/mol. The minimum atomic E-state index is -0.535. The van der Waals surface area contributed by atoms with Crippen molar-refractivity contribution in [2.75, 3.05) is 6.61 Å². The molecule has 0 spiro atoms. The summed E-state index contributed by atoms with van der Waals surface area (Å²) in [5.74, 6) is -0.535. The van der Waals surface area contributed by atoms with Gasteiger partial charge in [-0.2, -0.15) is 5.26 Å². The standard InChI is InChI=1S/C10H9ClN2O2/c1-3-15-10(14)8-4-6(2)7(5-12)9(11)13-8/h4H,3H2,1-2H3. The Morgan fingerprint density at radius 3 is 2.87 bits per heavy atom. The first-order valence-electron chi connectivity index (χ1n) is 4.34. The van der Waals surface area contributed by atoms with Gasteiger partial charge in [0.05, 0.1) is 12.2 Å². The number of pyridine rings is 1. The van der Waals surface area contributed by atoms with Crippen LogP contribution in [0.4, 0.5) is 0 Å². The van der Waals surface area contributed by atoms with Crippen molar-refractivity contribution >= 4 is 17.6 Å². The number of rotatable bonds is 2. The van der Waals surface area contributed by atoms with E-state index in [4.69, 9.17) is 21.6 Å². The zero-order valence-electron chi connectivity index (χ0n) is 8.37. The van der Waals surface area contributed by atoms with E-state index in [0.717, 1.165) is 0 Å². The number of hydrogen-bond acceptors (Lipinski definition) is 4. The number of esters is 1. The van der Waals surface area contributed by atoms with Gasteiger partial charge in [-0.25, -0.2) is 9.78 Å². The molecule has 0 aliphatic rings. The van der Waals surface area contributed by atoms with E-state index in [1.54, 1.807) is 13.8 Å². The molecule has 5 heteroatoms. The van der Waals surface area contributed by atoms with Crippen molar-refractivity contribution in [3.05, 3.63) is 28.0 Å². The van der Waals surface area contributed by atoms with Crippen LogP contribution in [0.2, 0.25) is 5.15 Å². The van der Waals surface area contributed by atoms with Gasteiger partial charge in [0, 0.05) is 0 Å². The SMILES string of the molecule is CCOC(=O)c1cc(C)c(C#N)c(Cl)n1. The maximum atomic E-state index is 11.3. The Bertz CT molecular complexity index is 415. The van der Waals surface area contributed by atoms with E-state index in [2.05, 4.69) is 4.98 Å². The molecule has 0 bridgehead atoms. The Morgan fingerprint density at radius 1 is 1.73 bits per heavy atom. The lowest BCUT2D eigenvalue weighted by Gasteiger charge is -2.04. The second-order valence-electron chi connectivity index (χ2n) is 2.82. The van der Waals surface area contributed by atoms with Crippen LogP contribution in [0.3, 0.4) is 0 Å². The van der Waals surface area contributed by atoms with Crippen LogP contribution in [0.1, 0.15) is 28.5 Å². The summed E-state index contributed by atoms with van der Waals surface area (Å²) in [6, 6.07) is 3.40. The van der Waals surface area contributed by atoms with Crippen LogP contribution in [-0.4, -0.2) is 17.6 Å². The fourth-order valence-corrected chi connectivity index (χ4v) is 1.36. The number of nitriles is 1. The minimum absolute atomic E-state index is 0.0283. The molecule has 1 aromatic rings. The lowest BCUT2D eigenvalue weighted by molar-refractivity contribution is 0.0519. The second-order valence-corrected chi connectivity index (χ2v) is 3.18. The molecule has 0 fully saturated rings. The molecule has 0 aliphatic heterocycles. The Balaban J connectivity index is 3.15. The van der Waals surface area contributed by atoms with Gasteiger partial charge in [0.2, 0.25) is 0 Å². The largest absolute Gasteiger partial charge is 0.461 e. The third-order valence-electron chi connectivity index (χ3n) is 1.77. The maximum absolute atomic E-state index is 11.3. The molecule has 1 aromatic heterocycles. The first-order valence-corrected chi connectivity index (χ1v) is 4.72. The summed E-state index contributed by atoms with van der Waals surface area (Å²) in [6.07, 6.45) is 0. The monoisotopic (exact) mass is 224 g/mol. The van der Waals surface area contributed by atoms with Crippen molar-refractivity contribution in [3.8, 4) is 6.07 Å². The molecular formula is C10H9ClN2O2. The lowest BCUT2D eigenvalue weighted by Crippen LogP contribution is -2.08. The Labute approximate surface area is 92.4 Å². The molecule has 0 atom stereocenters. The fourth-order valence-electron chi connectivity index (χ4n) is 1.08. The van der Waals surface area contributed by atoms with E-state index < -0.39 is 5.97 Å². The average Bonchev–Trinajstić information content (AvgIpc) is 2.17. The minimum Gasteiger partial charge on any atom is -0.461 e. The van der Waals surface area contributed by atoms with E-state index in [0.29, 0.717) is 5.56 Å². The molecule has 4 nitrogen and oxygen atoms in total. The molecule has 0 N–H and O–H groups in total. The molecule has 1 heterocycles. The molecule has 0 saturated carbocycles. The van der Waals surface area contributed by atoms with Crippen LogP contribution < -0.4 is 0 Å². The molecule has 0 saturated heterocycles. The number of aromatic nitrogens is 1. The number of nitrogens with zero attached hydrogens (tertiary/aromatic N) is 2. The van der Waals surface area contributed by atoms with E-state index >= 15 is 0 Å². The molecule has 1 rings (SSSR count). The molecule has 78 valence electrons. The summed E-state index contributed by atoms with van der Waals surface area (Å²) >= 11 is 5.74. The van der Waals surface area contributed by atoms with E-state index in [1.807, 2.05) is 6.07 Å². The third-order valence-corrected chi connectivity index (χ3v) is 2.04. The number of ether oxygens (including phenoxy) is 1. The summed E-state index contributed by atoms with van der Waals surface area (Å²) in [5, 5.41) is 8.77. The van der Waals surface area contributed by atoms with Gasteiger partial charge in [-0.05, 0) is 25.5 Å². The second kappa shape index (κ2) is 4.76. The topological polar surface area (TPSA) is 63.0 Å². The molecule has 0 aliphatic carbocycles. The van der Waals surface area contributed by atoms with Gasteiger partial charge in [0.15, 0.2) is 0 Å². The summed E-state index contributed by atoms with van der Waals surface area (Å²) in [4.78, 5) is 15.1. The smallest absolute Gasteiger partial charge is 0.356 e. The molecule has 0 aromatic carbocycles. The maximum Gasteiger partial charge on any atom is 0.356 e. The highest BCUT2D eigenvalue weighted by atomic mass is 35.5. The highest BCUT2D eigenvalue weighted by Crippen LogP contribution is 2.18. The van der Waals surface area contributed by atoms with Crippen molar-refractivity contribution < 1.29 is 9.53 Å². The highest BCUT2D eigenvalue weighted by molar-refractivity contribution is 6.30. The summed E-state index contributed by atoms with van der Waals surface area (Å²) in [6.45, 7) is 3.67. The Hall–Kier alpha value is -1.60. The molecule has 0 radical (unpaired) electrons. The highest BCUT2D eigenvalue weighted by Gasteiger charge is 2.13. The predicted molar refractivity (Wildman–Crippen MR) is 54.7 cm³/mol. The van der Waals surface area contributed by atoms with Crippen molar-refractivity contribution in [2.24, 2.45) is 0 Å². The van der Waals surface area contributed by atoms with Crippen LogP contribution in [0.5, 0.6) is 0 Å². The Kier molecular flexibility index (Phi) is 3.64. The van der Waals surface area contributed by atoms with Gasteiger partial charge in [0.1, 0.15) is 16.9 Å². The van der Waals surface area contributed by atoms with Crippen LogP contribution in [-0.2, 0) is 4.74 Å². The predicted octanol–water partition coefficient (Wildman–Crippen LogP) is 2.09. The van der Waals surface area contributed by atoms with Gasteiger partial charge in [-0.3, -0.25) is 0 Å². The van der Waals surface area contributed by atoms with Gasteiger partial charge in [-0.15, -0.1) is 0 Å². The van der Waals surface area contributed by atoms with Crippen molar-refractivity contribution in [3.63, 3.8) is 0 Å². The fraction of sp³-hybridized carbons (Fsp3) is 0.300. The van der Waals surface area contributed by atoms with Crippen molar-refractivity contribution in [1.29, 1.82) is 5.26 Å². The molecule has 0 amide bonds. The van der Waals surface area contributed by atoms with E-state index in [-0.39, 0.29) is 23.0 Å². The number of carbonyl (C=O) groups is 1. The number of carbonyl (C=O) groups excluding carboxylic acids is 1. The Morgan fingerprint density at radius 2 is 2.40 bits per heavy atom. The first kappa shape index (κ1) is 11.5. The first-order chi connectivity index (χ1) is 7.10. The number of aryl methyl sites for hydroxylation is 1. The number of halogens is 1. The van der Waals surface area contributed by atoms with Crippen molar-refractivity contribution in [1.82, 2.24) is 4.98 Å². The molecule has 15 heavy (non-hydrogen) atoms. The zero-order chi connectivity index (χ0) is 11.4.